The molecule has 0 bridgehead atoms. The van der Waals surface area contributed by atoms with Crippen molar-refractivity contribution in [1.82, 2.24) is 4.90 Å². The topological polar surface area (TPSA) is 20.3 Å². The molecule has 2 atom stereocenters. The van der Waals surface area contributed by atoms with E-state index in [1.807, 2.05) is 23.1 Å². The number of β-lactam (4-membered cyclic amide) rings is 1. The van der Waals surface area contributed by atoms with E-state index in [2.05, 4.69) is 24.3 Å². The number of amides is 1. The van der Waals surface area contributed by atoms with Gasteiger partial charge in [0.25, 0.3) is 0 Å². The van der Waals surface area contributed by atoms with Crippen LogP contribution >= 0.6 is 0 Å². The molecule has 1 aliphatic carbocycles. The lowest BCUT2D eigenvalue weighted by Gasteiger charge is -2.47. The van der Waals surface area contributed by atoms with Gasteiger partial charge in [0.1, 0.15) is 0 Å². The predicted molar refractivity (Wildman–Crippen MR) is 62.6 cm³/mol. The van der Waals surface area contributed by atoms with Crippen LogP contribution in [-0.2, 0) is 11.3 Å². The highest BCUT2D eigenvalue weighted by Crippen LogP contribution is 2.35. The van der Waals surface area contributed by atoms with E-state index in [-0.39, 0.29) is 5.92 Å². The second-order valence-corrected chi connectivity index (χ2v) is 4.55. The first-order valence-electron chi connectivity index (χ1n) is 5.87. The zero-order chi connectivity index (χ0) is 11.0. The summed E-state index contributed by atoms with van der Waals surface area (Å²) in [7, 11) is 0. The fourth-order valence-electron chi connectivity index (χ4n) is 2.66. The van der Waals surface area contributed by atoms with Gasteiger partial charge in [0.15, 0.2) is 0 Å². The standard InChI is InChI=1S/C14H15NO/c16-14-12-8-4-5-9-13(12)15(14)10-11-6-2-1-3-7-11/h1-4,6-8,12-13H,5,9-10H2/t12-,13+/m0/s1. The first kappa shape index (κ1) is 9.64. The lowest BCUT2D eigenvalue weighted by atomic mass is 9.80. The first-order chi connectivity index (χ1) is 7.86. The molecule has 2 nitrogen and oxygen atoms in total. The number of allylic oxidation sites excluding steroid dienone is 1. The molecule has 0 unspecified atom stereocenters. The third kappa shape index (κ3) is 1.45. The van der Waals surface area contributed by atoms with E-state index in [9.17, 15) is 4.79 Å². The van der Waals surface area contributed by atoms with Crippen LogP contribution in [0.1, 0.15) is 18.4 Å². The Bertz CT molecular complexity index is 424. The molecule has 1 aromatic rings. The Morgan fingerprint density at radius 1 is 1.25 bits per heavy atom. The number of carbonyl (C=O) groups is 1. The minimum absolute atomic E-state index is 0.178. The SMILES string of the molecule is O=C1[C@H]2C=CCC[C@H]2N1Cc1ccccc1. The molecule has 1 saturated heterocycles. The van der Waals surface area contributed by atoms with Crippen molar-refractivity contribution in [3.05, 3.63) is 48.0 Å². The largest absolute Gasteiger partial charge is 0.334 e. The van der Waals surface area contributed by atoms with Crippen LogP contribution < -0.4 is 0 Å². The van der Waals surface area contributed by atoms with Gasteiger partial charge in [-0.1, -0.05) is 42.5 Å². The van der Waals surface area contributed by atoms with Crippen LogP contribution in [0.3, 0.4) is 0 Å². The minimum atomic E-state index is 0.178. The van der Waals surface area contributed by atoms with Gasteiger partial charge in [-0.3, -0.25) is 4.79 Å². The fourth-order valence-corrected chi connectivity index (χ4v) is 2.66. The summed E-state index contributed by atoms with van der Waals surface area (Å²) in [5, 5.41) is 0. The summed E-state index contributed by atoms with van der Waals surface area (Å²) in [5.74, 6) is 0.474. The highest BCUT2D eigenvalue weighted by atomic mass is 16.2. The Hall–Kier alpha value is -1.57. The summed E-state index contributed by atoms with van der Waals surface area (Å²) >= 11 is 0. The lowest BCUT2D eigenvalue weighted by molar-refractivity contribution is -0.154. The van der Waals surface area contributed by atoms with Crippen LogP contribution in [0, 0.1) is 5.92 Å². The number of carbonyl (C=O) groups excluding carboxylic acids is 1. The van der Waals surface area contributed by atoms with Gasteiger partial charge in [0.05, 0.1) is 5.92 Å². The summed E-state index contributed by atoms with van der Waals surface area (Å²) < 4.78 is 0. The third-order valence-corrected chi connectivity index (χ3v) is 3.55. The predicted octanol–water partition coefficient (Wildman–Crippen LogP) is 2.36. The molecule has 16 heavy (non-hydrogen) atoms. The molecule has 2 aliphatic rings. The molecule has 2 heteroatoms. The van der Waals surface area contributed by atoms with Crippen molar-refractivity contribution in [2.45, 2.75) is 25.4 Å². The van der Waals surface area contributed by atoms with Crippen molar-refractivity contribution in [3.63, 3.8) is 0 Å². The molecule has 0 N–H and O–H groups in total. The zero-order valence-corrected chi connectivity index (χ0v) is 9.17. The van der Waals surface area contributed by atoms with Crippen LogP contribution in [0.15, 0.2) is 42.5 Å². The Morgan fingerprint density at radius 3 is 2.88 bits per heavy atom. The highest BCUT2D eigenvalue weighted by Gasteiger charge is 2.45. The molecule has 1 aromatic carbocycles. The summed E-state index contributed by atoms with van der Waals surface area (Å²) in [6, 6.07) is 10.7. The van der Waals surface area contributed by atoms with E-state index in [0.717, 1.165) is 19.4 Å². The quantitative estimate of drug-likeness (QED) is 0.545. The van der Waals surface area contributed by atoms with Crippen molar-refractivity contribution in [2.75, 3.05) is 0 Å². The minimum Gasteiger partial charge on any atom is -0.334 e. The van der Waals surface area contributed by atoms with E-state index < -0.39 is 0 Å². The summed E-state index contributed by atoms with van der Waals surface area (Å²) in [5.41, 5.74) is 1.23. The molecule has 0 spiro atoms. The fraction of sp³-hybridized carbons (Fsp3) is 0.357. The number of benzene rings is 1. The third-order valence-electron chi connectivity index (χ3n) is 3.55. The second kappa shape index (κ2) is 3.78. The summed E-state index contributed by atoms with van der Waals surface area (Å²) in [6.07, 6.45) is 6.45. The van der Waals surface area contributed by atoms with E-state index >= 15 is 0 Å². The van der Waals surface area contributed by atoms with Crippen molar-refractivity contribution < 1.29 is 4.79 Å². The van der Waals surface area contributed by atoms with Crippen LogP contribution in [0.25, 0.3) is 0 Å². The molecule has 0 saturated carbocycles. The van der Waals surface area contributed by atoms with Crippen molar-refractivity contribution in [1.29, 1.82) is 0 Å². The van der Waals surface area contributed by atoms with Crippen molar-refractivity contribution in [3.8, 4) is 0 Å². The Kier molecular flexibility index (Phi) is 2.28. The van der Waals surface area contributed by atoms with Crippen molar-refractivity contribution in [2.24, 2.45) is 5.92 Å². The van der Waals surface area contributed by atoms with Crippen LogP contribution in [0.5, 0.6) is 0 Å². The number of fused-ring (bicyclic) bond motifs is 1. The van der Waals surface area contributed by atoms with Gasteiger partial charge in [-0.05, 0) is 18.4 Å². The maximum Gasteiger partial charge on any atom is 0.232 e. The number of hydrogen-bond acceptors (Lipinski definition) is 1. The van der Waals surface area contributed by atoms with E-state index in [1.165, 1.54) is 5.56 Å². The van der Waals surface area contributed by atoms with Crippen LogP contribution in [0.4, 0.5) is 0 Å². The zero-order valence-electron chi connectivity index (χ0n) is 9.17. The van der Waals surface area contributed by atoms with Gasteiger partial charge in [-0.25, -0.2) is 0 Å². The normalized spacial score (nSPS) is 27.5. The molecule has 0 aromatic heterocycles. The van der Waals surface area contributed by atoms with Gasteiger partial charge in [-0.15, -0.1) is 0 Å². The van der Waals surface area contributed by atoms with Crippen molar-refractivity contribution >= 4 is 5.91 Å². The van der Waals surface area contributed by atoms with Crippen LogP contribution in [0.2, 0.25) is 0 Å². The summed E-state index contributed by atoms with van der Waals surface area (Å²) in [4.78, 5) is 13.9. The number of likely N-dealkylation sites (tertiary alicyclic amines) is 1. The van der Waals surface area contributed by atoms with Crippen LogP contribution in [-0.4, -0.2) is 16.8 Å². The van der Waals surface area contributed by atoms with E-state index in [4.69, 9.17) is 0 Å². The maximum absolute atomic E-state index is 11.9. The first-order valence-corrected chi connectivity index (χ1v) is 5.87. The average Bonchev–Trinajstić information content (AvgIpc) is 2.37. The highest BCUT2D eigenvalue weighted by molar-refractivity contribution is 5.88. The maximum atomic E-state index is 11.9. The van der Waals surface area contributed by atoms with Gasteiger partial charge >= 0.3 is 0 Å². The molecule has 1 amide bonds. The molecule has 82 valence electrons. The number of rotatable bonds is 2. The Morgan fingerprint density at radius 2 is 2.06 bits per heavy atom. The molecule has 1 heterocycles. The lowest BCUT2D eigenvalue weighted by Crippen LogP contribution is -2.60. The smallest absolute Gasteiger partial charge is 0.232 e. The van der Waals surface area contributed by atoms with Gasteiger partial charge in [0, 0.05) is 12.6 Å². The molecular formula is C14H15NO. The Labute approximate surface area is 95.6 Å². The molecule has 1 aliphatic heterocycles. The summed E-state index contributed by atoms with van der Waals surface area (Å²) in [6.45, 7) is 0.772. The van der Waals surface area contributed by atoms with E-state index in [1.54, 1.807) is 0 Å². The average molecular weight is 213 g/mol. The van der Waals surface area contributed by atoms with Gasteiger partial charge in [-0.2, -0.15) is 0 Å². The number of hydrogen-bond donors (Lipinski definition) is 0. The molecular weight excluding hydrogens is 198 g/mol. The van der Waals surface area contributed by atoms with Gasteiger partial charge in [0.2, 0.25) is 5.91 Å². The Balaban J connectivity index is 1.73. The van der Waals surface area contributed by atoms with Gasteiger partial charge < -0.3 is 4.90 Å². The molecule has 3 rings (SSSR count). The molecule has 1 fully saturated rings. The molecule has 0 radical (unpaired) electrons. The van der Waals surface area contributed by atoms with E-state index in [0.29, 0.717) is 11.9 Å². The second-order valence-electron chi connectivity index (χ2n) is 4.55. The monoisotopic (exact) mass is 213 g/mol. The number of nitrogens with zero attached hydrogens (tertiary/aromatic N) is 1.